The highest BCUT2D eigenvalue weighted by Crippen LogP contribution is 2.26. The molecule has 0 fully saturated rings. The van der Waals surface area contributed by atoms with Crippen LogP contribution in [-0.4, -0.2) is 16.3 Å². The van der Waals surface area contributed by atoms with Crippen molar-refractivity contribution in [1.82, 2.24) is 9.78 Å². The third kappa shape index (κ3) is 3.31. The zero-order chi connectivity index (χ0) is 13.8. The second-order valence-electron chi connectivity index (χ2n) is 5.67. The molecule has 0 atom stereocenters. The van der Waals surface area contributed by atoms with E-state index in [1.54, 1.807) is 5.57 Å². The van der Waals surface area contributed by atoms with Crippen LogP contribution in [0.5, 0.6) is 0 Å². The van der Waals surface area contributed by atoms with Crippen molar-refractivity contribution in [3.63, 3.8) is 0 Å². The van der Waals surface area contributed by atoms with Crippen LogP contribution in [0.15, 0.2) is 11.6 Å². The highest BCUT2D eigenvalue weighted by Gasteiger charge is 2.14. The lowest BCUT2D eigenvalue weighted by molar-refractivity contribution is 0.534. The van der Waals surface area contributed by atoms with Crippen LogP contribution in [0.3, 0.4) is 0 Å². The quantitative estimate of drug-likeness (QED) is 0.796. The number of rotatable bonds is 5. The molecule has 0 spiro atoms. The van der Waals surface area contributed by atoms with Crippen LogP contribution >= 0.6 is 0 Å². The predicted octanol–water partition coefficient (Wildman–Crippen LogP) is 3.66. The molecule has 0 radical (unpaired) electrons. The Hall–Kier alpha value is -1.45. The van der Waals surface area contributed by atoms with Gasteiger partial charge in [-0.05, 0) is 52.9 Å². The van der Waals surface area contributed by atoms with Crippen molar-refractivity contribution < 1.29 is 0 Å². The van der Waals surface area contributed by atoms with Crippen LogP contribution in [0, 0.1) is 6.92 Å². The number of anilines is 2. The number of aromatic nitrogens is 2. The van der Waals surface area contributed by atoms with Crippen molar-refractivity contribution in [3.8, 4) is 0 Å². The molecule has 106 valence electrons. The SMILES string of the molecule is Cc1nn(C(C)C)c(NCCC2=CCCCC2)c1N. The van der Waals surface area contributed by atoms with E-state index in [0.29, 0.717) is 6.04 Å². The van der Waals surface area contributed by atoms with Crippen molar-refractivity contribution in [3.05, 3.63) is 17.3 Å². The maximum Gasteiger partial charge on any atom is 0.148 e. The molecule has 1 aliphatic rings. The first-order chi connectivity index (χ1) is 9.09. The molecule has 1 aliphatic carbocycles. The Bertz CT molecular complexity index is 457. The molecule has 0 bridgehead atoms. The van der Waals surface area contributed by atoms with Gasteiger partial charge in [0.25, 0.3) is 0 Å². The first-order valence-corrected chi connectivity index (χ1v) is 7.36. The van der Waals surface area contributed by atoms with Gasteiger partial charge in [0.15, 0.2) is 0 Å². The molecule has 0 saturated heterocycles. The van der Waals surface area contributed by atoms with E-state index in [1.807, 2.05) is 11.6 Å². The van der Waals surface area contributed by atoms with Gasteiger partial charge in [-0.3, -0.25) is 0 Å². The van der Waals surface area contributed by atoms with Gasteiger partial charge in [0.05, 0.1) is 11.4 Å². The lowest BCUT2D eigenvalue weighted by Gasteiger charge is -2.16. The van der Waals surface area contributed by atoms with Crippen molar-refractivity contribution >= 4 is 11.5 Å². The Balaban J connectivity index is 1.97. The molecule has 1 aromatic heterocycles. The molecule has 0 saturated carbocycles. The molecule has 0 unspecified atom stereocenters. The third-order valence-corrected chi connectivity index (χ3v) is 3.74. The first kappa shape index (κ1) is 14.0. The van der Waals surface area contributed by atoms with E-state index < -0.39 is 0 Å². The topological polar surface area (TPSA) is 55.9 Å². The van der Waals surface area contributed by atoms with Crippen molar-refractivity contribution in [2.45, 2.75) is 58.9 Å². The Morgan fingerprint density at radius 1 is 1.42 bits per heavy atom. The molecular formula is C15H26N4. The molecule has 0 amide bonds. The number of nitrogens with zero attached hydrogens (tertiary/aromatic N) is 2. The normalized spacial score (nSPS) is 15.7. The van der Waals surface area contributed by atoms with Gasteiger partial charge < -0.3 is 11.1 Å². The second-order valence-corrected chi connectivity index (χ2v) is 5.67. The number of nitrogen functional groups attached to an aromatic ring is 1. The number of nitrogens with two attached hydrogens (primary N) is 1. The van der Waals surface area contributed by atoms with Crippen LogP contribution in [0.1, 0.15) is 57.7 Å². The summed E-state index contributed by atoms with van der Waals surface area (Å²) in [5.74, 6) is 0.976. The summed E-state index contributed by atoms with van der Waals surface area (Å²) >= 11 is 0. The Morgan fingerprint density at radius 2 is 2.21 bits per heavy atom. The average molecular weight is 262 g/mol. The van der Waals surface area contributed by atoms with Gasteiger partial charge in [-0.25, -0.2) is 4.68 Å². The van der Waals surface area contributed by atoms with E-state index in [4.69, 9.17) is 5.73 Å². The number of nitrogens with one attached hydrogen (secondary N) is 1. The summed E-state index contributed by atoms with van der Waals surface area (Å²) in [6, 6.07) is 0.326. The van der Waals surface area contributed by atoms with Gasteiger partial charge in [0, 0.05) is 12.6 Å². The maximum atomic E-state index is 6.10. The molecule has 2 rings (SSSR count). The van der Waals surface area contributed by atoms with Gasteiger partial charge in [0.2, 0.25) is 0 Å². The molecule has 1 aromatic rings. The smallest absolute Gasteiger partial charge is 0.148 e. The maximum absolute atomic E-state index is 6.10. The van der Waals surface area contributed by atoms with Gasteiger partial charge in [-0.1, -0.05) is 11.6 Å². The standard InChI is InChI=1S/C15H26N4/c1-11(2)19-15(14(16)12(3)18-19)17-10-9-13-7-5-4-6-8-13/h7,11,17H,4-6,8-10,16H2,1-3H3. The van der Waals surface area contributed by atoms with Crippen LogP contribution < -0.4 is 11.1 Å². The minimum absolute atomic E-state index is 0.326. The lowest BCUT2D eigenvalue weighted by atomic mass is 9.97. The minimum atomic E-state index is 0.326. The fraction of sp³-hybridized carbons (Fsp3) is 0.667. The average Bonchev–Trinajstić information content (AvgIpc) is 2.68. The van der Waals surface area contributed by atoms with Crippen molar-refractivity contribution in [2.75, 3.05) is 17.6 Å². The molecule has 4 heteroatoms. The number of aryl methyl sites for hydroxylation is 1. The highest BCUT2D eigenvalue weighted by atomic mass is 15.4. The van der Waals surface area contributed by atoms with Crippen LogP contribution in [0.4, 0.5) is 11.5 Å². The molecule has 19 heavy (non-hydrogen) atoms. The molecule has 3 N–H and O–H groups in total. The predicted molar refractivity (Wildman–Crippen MR) is 81.4 cm³/mol. The molecule has 0 aromatic carbocycles. The van der Waals surface area contributed by atoms with Crippen molar-refractivity contribution in [1.29, 1.82) is 0 Å². The van der Waals surface area contributed by atoms with Crippen LogP contribution in [0.2, 0.25) is 0 Å². The molecule has 1 heterocycles. The Morgan fingerprint density at radius 3 is 2.84 bits per heavy atom. The molecular weight excluding hydrogens is 236 g/mol. The fourth-order valence-corrected chi connectivity index (χ4v) is 2.58. The highest BCUT2D eigenvalue weighted by molar-refractivity contribution is 5.64. The number of hydrogen-bond donors (Lipinski definition) is 2. The lowest BCUT2D eigenvalue weighted by Crippen LogP contribution is -2.12. The third-order valence-electron chi connectivity index (χ3n) is 3.74. The van der Waals surface area contributed by atoms with E-state index in [0.717, 1.165) is 30.2 Å². The monoisotopic (exact) mass is 262 g/mol. The summed E-state index contributed by atoms with van der Waals surface area (Å²) < 4.78 is 1.99. The summed E-state index contributed by atoms with van der Waals surface area (Å²) in [4.78, 5) is 0. The Kier molecular flexibility index (Phi) is 4.51. The summed E-state index contributed by atoms with van der Waals surface area (Å²) in [6.07, 6.45) is 8.72. The summed E-state index contributed by atoms with van der Waals surface area (Å²) in [7, 11) is 0. The summed E-state index contributed by atoms with van der Waals surface area (Å²) in [6.45, 7) is 7.15. The fourth-order valence-electron chi connectivity index (χ4n) is 2.58. The zero-order valence-corrected chi connectivity index (χ0v) is 12.4. The largest absolute Gasteiger partial charge is 0.394 e. The second kappa shape index (κ2) is 6.13. The molecule has 4 nitrogen and oxygen atoms in total. The van der Waals surface area contributed by atoms with Gasteiger partial charge in [-0.15, -0.1) is 0 Å². The number of hydrogen-bond acceptors (Lipinski definition) is 3. The van der Waals surface area contributed by atoms with E-state index in [9.17, 15) is 0 Å². The van der Waals surface area contributed by atoms with Gasteiger partial charge >= 0.3 is 0 Å². The Labute approximate surface area is 116 Å². The number of allylic oxidation sites excluding steroid dienone is 1. The van der Waals surface area contributed by atoms with E-state index >= 15 is 0 Å². The van der Waals surface area contributed by atoms with E-state index in [1.165, 1.54) is 25.7 Å². The van der Waals surface area contributed by atoms with Gasteiger partial charge in [0.1, 0.15) is 5.82 Å². The molecule has 0 aliphatic heterocycles. The van der Waals surface area contributed by atoms with Crippen LogP contribution in [-0.2, 0) is 0 Å². The van der Waals surface area contributed by atoms with Crippen molar-refractivity contribution in [2.24, 2.45) is 0 Å². The van der Waals surface area contributed by atoms with Gasteiger partial charge in [-0.2, -0.15) is 5.10 Å². The summed E-state index contributed by atoms with van der Waals surface area (Å²) in [5.41, 5.74) is 9.38. The van der Waals surface area contributed by atoms with E-state index in [2.05, 4.69) is 30.3 Å². The first-order valence-electron chi connectivity index (χ1n) is 7.36. The minimum Gasteiger partial charge on any atom is -0.394 e. The van der Waals surface area contributed by atoms with E-state index in [-0.39, 0.29) is 0 Å². The summed E-state index contributed by atoms with van der Waals surface area (Å²) in [5, 5.41) is 7.96. The zero-order valence-electron chi connectivity index (χ0n) is 12.4. The van der Waals surface area contributed by atoms with Crippen LogP contribution in [0.25, 0.3) is 0 Å².